The molecule has 0 radical (unpaired) electrons. The molecule has 0 fully saturated rings. The Bertz CT molecular complexity index is 910. The van der Waals surface area contributed by atoms with E-state index in [1.54, 1.807) is 6.07 Å². The molecule has 0 aliphatic rings. The van der Waals surface area contributed by atoms with E-state index in [1.165, 1.54) is 6.21 Å². The van der Waals surface area contributed by atoms with Crippen LogP contribution in [0.4, 0.5) is 0 Å². The molecule has 0 unspecified atom stereocenters. The third-order valence-electron chi connectivity index (χ3n) is 3.47. The number of aromatic nitrogens is 3. The van der Waals surface area contributed by atoms with E-state index in [9.17, 15) is 4.79 Å². The highest BCUT2D eigenvalue weighted by Crippen LogP contribution is 2.24. The van der Waals surface area contributed by atoms with Crippen LogP contribution >= 0.6 is 12.2 Å². The number of hydrogen-bond donors (Lipinski definition) is 1. The van der Waals surface area contributed by atoms with Crippen LogP contribution in [0.5, 0.6) is 11.5 Å². The van der Waals surface area contributed by atoms with Crippen molar-refractivity contribution in [2.24, 2.45) is 5.10 Å². The fourth-order valence-corrected chi connectivity index (χ4v) is 2.44. The molecule has 7 nitrogen and oxygen atoms in total. The molecule has 140 valence electrons. The number of aromatic amines is 1. The first kappa shape index (κ1) is 19.8. The van der Waals surface area contributed by atoms with Crippen molar-refractivity contribution in [3.8, 4) is 11.5 Å². The number of rotatable bonds is 6. The summed E-state index contributed by atoms with van der Waals surface area (Å²) in [5.41, 5.74) is 0.302. The van der Waals surface area contributed by atoms with Crippen molar-refractivity contribution in [3.63, 3.8) is 0 Å². The summed E-state index contributed by atoms with van der Waals surface area (Å²) in [5, 5.41) is 11.0. The molecule has 0 atom stereocenters. The van der Waals surface area contributed by atoms with Crippen LogP contribution in [-0.4, -0.2) is 34.3 Å². The van der Waals surface area contributed by atoms with Crippen molar-refractivity contribution in [2.45, 2.75) is 40.0 Å². The summed E-state index contributed by atoms with van der Waals surface area (Å²) in [6, 6.07) is 5.44. The Morgan fingerprint density at radius 1 is 1.27 bits per heavy atom. The quantitative estimate of drug-likeness (QED) is 0.618. The maximum absolute atomic E-state index is 12.7. The molecule has 2 rings (SSSR count). The van der Waals surface area contributed by atoms with Crippen LogP contribution in [0.3, 0.4) is 0 Å². The minimum absolute atomic E-state index is 0.128. The monoisotopic (exact) mass is 376 g/mol. The van der Waals surface area contributed by atoms with Gasteiger partial charge in [-0.05, 0) is 38.2 Å². The lowest BCUT2D eigenvalue weighted by molar-refractivity contribution is 0.323. The van der Waals surface area contributed by atoms with E-state index in [0.717, 1.165) is 4.68 Å². The lowest BCUT2D eigenvalue weighted by Gasteiger charge is -2.16. The minimum atomic E-state index is -0.427. The summed E-state index contributed by atoms with van der Waals surface area (Å²) >= 11 is 5.16. The smallest absolute Gasteiger partial charge is 0.297 e. The van der Waals surface area contributed by atoms with Crippen molar-refractivity contribution in [1.29, 1.82) is 0 Å². The van der Waals surface area contributed by atoms with Crippen LogP contribution in [0.1, 0.15) is 45.9 Å². The normalized spacial score (nSPS) is 11.7. The summed E-state index contributed by atoms with van der Waals surface area (Å²) in [5.74, 6) is 1.33. The Hall–Kier alpha value is -2.48. The van der Waals surface area contributed by atoms with Crippen molar-refractivity contribution in [2.75, 3.05) is 13.2 Å². The third kappa shape index (κ3) is 4.57. The van der Waals surface area contributed by atoms with Gasteiger partial charge in [0, 0.05) is 17.0 Å². The average molecular weight is 376 g/mol. The zero-order valence-electron chi connectivity index (χ0n) is 15.7. The van der Waals surface area contributed by atoms with Crippen LogP contribution in [0, 0.1) is 4.77 Å². The lowest BCUT2D eigenvalue weighted by Crippen LogP contribution is -2.32. The largest absolute Gasteiger partial charge is 0.494 e. The van der Waals surface area contributed by atoms with Gasteiger partial charge in [-0.25, -0.2) is 0 Å². The summed E-state index contributed by atoms with van der Waals surface area (Å²) in [6.45, 7) is 10.6. The molecule has 0 aliphatic heterocycles. The number of nitrogens with one attached hydrogen (secondary N) is 1. The molecule has 1 N–H and O–H groups in total. The van der Waals surface area contributed by atoms with Crippen LogP contribution in [0.25, 0.3) is 0 Å². The van der Waals surface area contributed by atoms with E-state index in [4.69, 9.17) is 21.7 Å². The van der Waals surface area contributed by atoms with Gasteiger partial charge in [0.15, 0.2) is 0 Å². The van der Waals surface area contributed by atoms with E-state index in [2.05, 4.69) is 15.3 Å². The molecule has 0 amide bonds. The van der Waals surface area contributed by atoms with Crippen LogP contribution in [0.2, 0.25) is 0 Å². The number of ether oxygens (including phenoxy) is 2. The molecular formula is C18H24N4O3S. The Labute approximate surface area is 157 Å². The highest BCUT2D eigenvalue weighted by molar-refractivity contribution is 7.71. The summed E-state index contributed by atoms with van der Waals surface area (Å²) in [4.78, 5) is 12.7. The van der Waals surface area contributed by atoms with Crippen molar-refractivity contribution in [3.05, 3.63) is 44.6 Å². The Balaban J connectivity index is 2.47. The summed E-state index contributed by atoms with van der Waals surface area (Å²) < 4.78 is 12.4. The minimum Gasteiger partial charge on any atom is -0.494 e. The average Bonchev–Trinajstić information content (AvgIpc) is 2.55. The fourth-order valence-electron chi connectivity index (χ4n) is 2.26. The van der Waals surface area contributed by atoms with Gasteiger partial charge in [-0.2, -0.15) is 14.9 Å². The van der Waals surface area contributed by atoms with Crippen molar-refractivity contribution in [1.82, 2.24) is 14.9 Å². The molecule has 2 aromatic rings. The molecular weight excluding hydrogens is 352 g/mol. The van der Waals surface area contributed by atoms with E-state index in [1.807, 2.05) is 46.8 Å². The molecule has 0 saturated carbocycles. The molecule has 1 heterocycles. The number of nitrogens with zero attached hydrogens (tertiary/aromatic N) is 3. The van der Waals surface area contributed by atoms with Gasteiger partial charge in [0.05, 0.1) is 19.4 Å². The van der Waals surface area contributed by atoms with E-state index in [0.29, 0.717) is 36.0 Å². The lowest BCUT2D eigenvalue weighted by atomic mass is 9.93. The highest BCUT2D eigenvalue weighted by Gasteiger charge is 2.21. The first-order valence-corrected chi connectivity index (χ1v) is 8.85. The molecule has 26 heavy (non-hydrogen) atoms. The molecule has 8 heteroatoms. The number of H-pyrrole nitrogens is 1. The van der Waals surface area contributed by atoms with E-state index >= 15 is 0 Å². The second-order valence-corrected chi connectivity index (χ2v) is 6.94. The zero-order valence-corrected chi connectivity index (χ0v) is 16.5. The maximum atomic E-state index is 12.7. The Kier molecular flexibility index (Phi) is 6.31. The Morgan fingerprint density at radius 3 is 2.58 bits per heavy atom. The van der Waals surface area contributed by atoms with Gasteiger partial charge < -0.3 is 9.47 Å². The predicted molar refractivity (Wildman–Crippen MR) is 104 cm³/mol. The van der Waals surface area contributed by atoms with Gasteiger partial charge in [0.25, 0.3) is 5.56 Å². The van der Waals surface area contributed by atoms with E-state index < -0.39 is 5.41 Å². The third-order valence-corrected chi connectivity index (χ3v) is 3.73. The van der Waals surface area contributed by atoms with E-state index in [-0.39, 0.29) is 10.3 Å². The first-order valence-electron chi connectivity index (χ1n) is 8.44. The number of hydrogen-bond acceptors (Lipinski definition) is 6. The molecule has 0 aliphatic carbocycles. The van der Waals surface area contributed by atoms with Crippen LogP contribution in [0.15, 0.2) is 28.1 Å². The SMILES string of the molecule is CCOc1ccc(/C=N\n2c(=S)[nH]nc(C(C)(C)C)c2=O)c(OCC)c1. The fraction of sp³-hybridized carbons (Fsp3) is 0.444. The summed E-state index contributed by atoms with van der Waals surface area (Å²) in [6.07, 6.45) is 1.54. The second-order valence-electron chi connectivity index (χ2n) is 6.55. The second kappa shape index (κ2) is 8.27. The van der Waals surface area contributed by atoms with Crippen molar-refractivity contribution >= 4 is 18.4 Å². The highest BCUT2D eigenvalue weighted by atomic mass is 32.1. The topological polar surface area (TPSA) is 81.5 Å². The van der Waals surface area contributed by atoms with Crippen molar-refractivity contribution < 1.29 is 9.47 Å². The Morgan fingerprint density at radius 2 is 1.96 bits per heavy atom. The van der Waals surface area contributed by atoms with Gasteiger partial charge in [-0.1, -0.05) is 20.8 Å². The molecule has 1 aromatic heterocycles. The summed E-state index contributed by atoms with van der Waals surface area (Å²) in [7, 11) is 0. The van der Waals surface area contributed by atoms with Gasteiger partial charge in [0.1, 0.15) is 17.2 Å². The molecule has 0 spiro atoms. The van der Waals surface area contributed by atoms with Gasteiger partial charge in [0.2, 0.25) is 4.77 Å². The standard InChI is InChI=1S/C18H24N4O3S/c1-6-24-13-9-8-12(14(10-13)25-7-2)11-19-22-16(23)15(18(3,4)5)20-21-17(22)26/h8-11H,6-7H2,1-5H3,(H,21,26)/b19-11-. The van der Waals surface area contributed by atoms with Gasteiger partial charge >= 0.3 is 0 Å². The van der Waals surface area contributed by atoms with Crippen LogP contribution in [-0.2, 0) is 5.41 Å². The molecule has 1 aromatic carbocycles. The molecule has 0 bridgehead atoms. The zero-order chi connectivity index (χ0) is 19.3. The van der Waals surface area contributed by atoms with Gasteiger partial charge in [-0.3, -0.25) is 9.89 Å². The molecule has 0 saturated heterocycles. The first-order chi connectivity index (χ1) is 12.3. The van der Waals surface area contributed by atoms with Crippen LogP contribution < -0.4 is 15.0 Å². The maximum Gasteiger partial charge on any atom is 0.297 e. The van der Waals surface area contributed by atoms with Gasteiger partial charge in [-0.15, -0.1) is 0 Å². The predicted octanol–water partition coefficient (Wildman–Crippen LogP) is 3.28. The number of benzene rings is 1.